The second kappa shape index (κ2) is 6.92. The molecule has 7 nitrogen and oxygen atoms in total. The van der Waals surface area contributed by atoms with E-state index < -0.39 is 31.1 Å². The van der Waals surface area contributed by atoms with Crippen LogP contribution < -0.4 is 0 Å². The molecule has 0 aliphatic carbocycles. The van der Waals surface area contributed by atoms with Gasteiger partial charge in [0.15, 0.2) is 6.23 Å². The number of benzene rings is 1. The van der Waals surface area contributed by atoms with Crippen molar-refractivity contribution in [2.45, 2.75) is 24.5 Å². The molecule has 1 aliphatic rings. The summed E-state index contributed by atoms with van der Waals surface area (Å²) in [7, 11) is 1.33. The lowest BCUT2D eigenvalue weighted by Gasteiger charge is -2.19. The van der Waals surface area contributed by atoms with E-state index in [4.69, 9.17) is 49.7 Å². The van der Waals surface area contributed by atoms with Gasteiger partial charge in [-0.1, -0.05) is 34.8 Å². The highest BCUT2D eigenvalue weighted by Crippen LogP contribution is 2.41. The van der Waals surface area contributed by atoms with Crippen LogP contribution in [0.25, 0.3) is 10.9 Å². The van der Waals surface area contributed by atoms with Gasteiger partial charge in [-0.05, 0) is 12.1 Å². The molecule has 1 saturated heterocycles. The van der Waals surface area contributed by atoms with Gasteiger partial charge in [0.25, 0.3) is 0 Å². The van der Waals surface area contributed by atoms with E-state index in [-0.39, 0.29) is 26.7 Å². The molecule has 0 spiro atoms. The Morgan fingerprint density at radius 1 is 1.24 bits per heavy atom. The molecule has 10 heteroatoms. The molecule has 1 aromatic heterocycles. The molecule has 2 unspecified atom stereocenters. The SMILES string of the molecule is COC(=N)c1c(Cl)n([C@@H]2O[C@H](CO)C(O)C2O)c2cc(Cl)c(Cl)cc12. The summed E-state index contributed by atoms with van der Waals surface area (Å²) < 4.78 is 11.9. The highest BCUT2D eigenvalue weighted by molar-refractivity contribution is 6.43. The maximum absolute atomic E-state index is 10.3. The summed E-state index contributed by atoms with van der Waals surface area (Å²) in [5, 5.41) is 38.6. The predicted molar refractivity (Wildman–Crippen MR) is 93.8 cm³/mol. The number of hydrogen-bond donors (Lipinski definition) is 4. The van der Waals surface area contributed by atoms with Crippen molar-refractivity contribution in [3.63, 3.8) is 0 Å². The predicted octanol–water partition coefficient (Wildman–Crippen LogP) is 2.18. The quantitative estimate of drug-likeness (QED) is 0.459. The van der Waals surface area contributed by atoms with E-state index in [0.717, 1.165) is 0 Å². The summed E-state index contributed by atoms with van der Waals surface area (Å²) in [5.41, 5.74) is 0.682. The van der Waals surface area contributed by atoms with E-state index in [1.807, 2.05) is 0 Å². The largest absolute Gasteiger partial charge is 0.481 e. The van der Waals surface area contributed by atoms with Crippen molar-refractivity contribution in [1.82, 2.24) is 4.57 Å². The molecule has 3 rings (SSSR count). The zero-order valence-corrected chi connectivity index (χ0v) is 15.2. The highest BCUT2D eigenvalue weighted by atomic mass is 35.5. The summed E-state index contributed by atoms with van der Waals surface area (Å²) >= 11 is 18.6. The summed E-state index contributed by atoms with van der Waals surface area (Å²) in [6.45, 7) is -0.473. The Morgan fingerprint density at radius 3 is 2.44 bits per heavy atom. The van der Waals surface area contributed by atoms with E-state index >= 15 is 0 Å². The van der Waals surface area contributed by atoms with Gasteiger partial charge in [0, 0.05) is 5.39 Å². The van der Waals surface area contributed by atoms with Crippen molar-refractivity contribution >= 4 is 51.6 Å². The summed E-state index contributed by atoms with van der Waals surface area (Å²) in [6.07, 6.45) is -4.69. The molecule has 0 bridgehead atoms. The molecule has 0 saturated carbocycles. The Hall–Kier alpha value is -1.06. The molecule has 136 valence electrons. The minimum Gasteiger partial charge on any atom is -0.481 e. The Labute approximate surface area is 157 Å². The highest BCUT2D eigenvalue weighted by Gasteiger charge is 2.45. The Balaban J connectivity index is 2.27. The van der Waals surface area contributed by atoms with Crippen molar-refractivity contribution in [3.8, 4) is 0 Å². The summed E-state index contributed by atoms with van der Waals surface area (Å²) in [5.74, 6) is -0.209. The number of rotatable bonds is 3. The van der Waals surface area contributed by atoms with Gasteiger partial charge in [-0.2, -0.15) is 0 Å². The molecular weight excluding hydrogens is 395 g/mol. The first-order valence-electron chi connectivity index (χ1n) is 7.25. The number of aliphatic hydroxyl groups is 3. The molecule has 2 aromatic rings. The lowest BCUT2D eigenvalue weighted by molar-refractivity contribution is -0.0505. The topological polar surface area (TPSA) is 108 Å². The number of aliphatic hydroxyl groups excluding tert-OH is 3. The molecular formula is C15H15Cl3N2O5. The average Bonchev–Trinajstić information content (AvgIpc) is 3.01. The van der Waals surface area contributed by atoms with Crippen LogP contribution in [0.1, 0.15) is 11.8 Å². The summed E-state index contributed by atoms with van der Waals surface area (Å²) in [6, 6.07) is 3.05. The second-order valence-electron chi connectivity index (χ2n) is 5.58. The van der Waals surface area contributed by atoms with Crippen molar-refractivity contribution in [2.75, 3.05) is 13.7 Å². The summed E-state index contributed by atoms with van der Waals surface area (Å²) in [4.78, 5) is 0. The fourth-order valence-electron chi connectivity index (χ4n) is 2.93. The third-order valence-electron chi connectivity index (χ3n) is 4.19. The zero-order chi connectivity index (χ0) is 18.5. The first-order valence-corrected chi connectivity index (χ1v) is 8.39. The van der Waals surface area contributed by atoms with E-state index in [2.05, 4.69) is 0 Å². The number of halogens is 3. The van der Waals surface area contributed by atoms with Gasteiger partial charge >= 0.3 is 0 Å². The maximum atomic E-state index is 10.3. The maximum Gasteiger partial charge on any atom is 0.216 e. The first-order chi connectivity index (χ1) is 11.8. The average molecular weight is 410 g/mol. The zero-order valence-electron chi connectivity index (χ0n) is 12.9. The molecule has 0 amide bonds. The number of aromatic nitrogens is 1. The Bertz CT molecular complexity index is 840. The molecule has 2 heterocycles. The number of nitrogens with one attached hydrogen (secondary N) is 1. The van der Waals surface area contributed by atoms with E-state index in [9.17, 15) is 15.3 Å². The molecule has 4 N–H and O–H groups in total. The smallest absolute Gasteiger partial charge is 0.216 e. The van der Waals surface area contributed by atoms with Crippen LogP contribution in [-0.4, -0.2) is 57.8 Å². The van der Waals surface area contributed by atoms with E-state index in [0.29, 0.717) is 10.9 Å². The molecule has 4 atom stereocenters. The van der Waals surface area contributed by atoms with Crippen molar-refractivity contribution in [3.05, 3.63) is 32.9 Å². The molecule has 0 radical (unpaired) electrons. The van der Waals surface area contributed by atoms with Crippen LogP contribution >= 0.6 is 34.8 Å². The Morgan fingerprint density at radius 2 is 1.88 bits per heavy atom. The van der Waals surface area contributed by atoms with Gasteiger partial charge in [-0.25, -0.2) is 0 Å². The van der Waals surface area contributed by atoms with Crippen LogP contribution in [0.5, 0.6) is 0 Å². The monoisotopic (exact) mass is 408 g/mol. The molecule has 1 aromatic carbocycles. The molecule has 1 fully saturated rings. The van der Waals surface area contributed by atoms with E-state index in [1.165, 1.54) is 23.8 Å². The minimum absolute atomic E-state index is 0.0509. The first kappa shape index (κ1) is 18.7. The van der Waals surface area contributed by atoms with Crippen molar-refractivity contribution < 1.29 is 24.8 Å². The van der Waals surface area contributed by atoms with Crippen LogP contribution in [0.2, 0.25) is 15.2 Å². The minimum atomic E-state index is -1.34. The Kier molecular flexibility index (Phi) is 5.18. The van der Waals surface area contributed by atoms with Gasteiger partial charge in [0.1, 0.15) is 23.5 Å². The van der Waals surface area contributed by atoms with Crippen molar-refractivity contribution in [1.29, 1.82) is 5.41 Å². The third-order valence-corrected chi connectivity index (χ3v) is 5.28. The molecule has 1 aliphatic heterocycles. The molecule has 25 heavy (non-hydrogen) atoms. The van der Waals surface area contributed by atoms with Gasteiger partial charge < -0.3 is 29.4 Å². The normalized spacial score (nSPS) is 26.4. The second-order valence-corrected chi connectivity index (χ2v) is 6.75. The van der Waals surface area contributed by atoms with Crippen LogP contribution in [0, 0.1) is 5.41 Å². The standard InChI is InChI=1S/C15H15Cl3N2O5/c1-24-14(19)10-5-2-6(16)7(17)3-8(5)20(13(10)18)15-12(23)11(22)9(4-21)25-15/h2-3,9,11-12,15,19,21-23H,4H2,1H3/t9-,11?,12?,15-/m1/s1. The van der Waals surface area contributed by atoms with Crippen LogP contribution in [0.3, 0.4) is 0 Å². The van der Waals surface area contributed by atoms with Gasteiger partial charge in [-0.15, -0.1) is 0 Å². The van der Waals surface area contributed by atoms with Gasteiger partial charge in [-0.3, -0.25) is 5.41 Å². The number of hydrogen-bond acceptors (Lipinski definition) is 6. The fourth-order valence-corrected chi connectivity index (χ4v) is 3.63. The fraction of sp³-hybridized carbons (Fsp3) is 0.400. The van der Waals surface area contributed by atoms with Crippen LogP contribution in [0.15, 0.2) is 12.1 Å². The number of methoxy groups -OCH3 is 1. The van der Waals surface area contributed by atoms with Gasteiger partial charge in [0.2, 0.25) is 5.90 Å². The lowest BCUT2D eigenvalue weighted by Crippen LogP contribution is -2.33. The van der Waals surface area contributed by atoms with Crippen LogP contribution in [-0.2, 0) is 9.47 Å². The number of fused-ring (bicyclic) bond motifs is 1. The van der Waals surface area contributed by atoms with E-state index in [1.54, 1.807) is 0 Å². The number of ether oxygens (including phenoxy) is 2. The lowest BCUT2D eigenvalue weighted by atomic mass is 10.1. The van der Waals surface area contributed by atoms with Crippen LogP contribution in [0.4, 0.5) is 0 Å². The number of nitrogens with zero attached hydrogens (tertiary/aromatic N) is 1. The van der Waals surface area contributed by atoms with Gasteiger partial charge in [0.05, 0.1) is 34.8 Å². The van der Waals surface area contributed by atoms with Crippen molar-refractivity contribution in [2.24, 2.45) is 0 Å². The third kappa shape index (κ3) is 2.90.